The summed E-state index contributed by atoms with van der Waals surface area (Å²) in [5.41, 5.74) is 10.8. The fourth-order valence-electron chi connectivity index (χ4n) is 5.60. The first-order chi connectivity index (χ1) is 16.9. The maximum absolute atomic E-state index is 2.51. The summed E-state index contributed by atoms with van der Waals surface area (Å²) in [5.74, 6) is 0.461. The molecule has 5 aromatic carbocycles. The predicted octanol–water partition coefficient (Wildman–Crippen LogP) is 6.86. The van der Waals surface area contributed by atoms with Crippen LogP contribution in [0.5, 0.6) is 0 Å². The highest BCUT2D eigenvalue weighted by molar-refractivity contribution is 8.28. The van der Waals surface area contributed by atoms with E-state index in [0.717, 1.165) is 0 Å². The van der Waals surface area contributed by atoms with Crippen molar-refractivity contribution in [2.24, 2.45) is 0 Å². The lowest BCUT2D eigenvalue weighted by molar-refractivity contribution is 0.941. The zero-order valence-corrected chi connectivity index (χ0v) is 19.5. The molecule has 0 radical (unpaired) electrons. The van der Waals surface area contributed by atoms with Crippen LogP contribution >= 0.6 is 11.6 Å². The van der Waals surface area contributed by atoms with E-state index in [4.69, 9.17) is 0 Å². The van der Waals surface area contributed by atoms with E-state index in [2.05, 4.69) is 132 Å². The lowest BCUT2D eigenvalue weighted by Crippen LogP contribution is -2.49. The third kappa shape index (κ3) is 2.97. The molecule has 0 fully saturated rings. The Kier molecular flexibility index (Phi) is 4.63. The Hall–Kier alpha value is -3.69. The SMILES string of the molecule is c1ccc(SB2c3ccccc3N3c4ccccc4C(c4ccccc4)c4cccc2c43)cc1. The van der Waals surface area contributed by atoms with E-state index < -0.39 is 0 Å². The number of benzene rings is 5. The summed E-state index contributed by atoms with van der Waals surface area (Å²) in [4.78, 5) is 3.81. The van der Waals surface area contributed by atoms with Gasteiger partial charge in [0.05, 0.1) is 5.69 Å². The number of para-hydroxylation sites is 3. The molecular formula is C31H22BNS. The molecule has 7 rings (SSSR count). The van der Waals surface area contributed by atoms with Gasteiger partial charge in [0.15, 0.2) is 0 Å². The second-order valence-corrected chi connectivity index (χ2v) is 10.1. The number of rotatable bonds is 3. The smallest absolute Gasteiger partial charge is 0.284 e. The summed E-state index contributed by atoms with van der Waals surface area (Å²) in [7, 11) is 0. The van der Waals surface area contributed by atoms with Crippen LogP contribution in [-0.2, 0) is 0 Å². The fraction of sp³-hybridized carbons (Fsp3) is 0.0323. The Morgan fingerprint density at radius 3 is 1.97 bits per heavy atom. The lowest BCUT2D eigenvalue weighted by atomic mass is 9.56. The highest BCUT2D eigenvalue weighted by Gasteiger charge is 2.41. The number of hydrogen-bond donors (Lipinski definition) is 0. The molecule has 34 heavy (non-hydrogen) atoms. The second-order valence-electron chi connectivity index (χ2n) is 8.89. The third-order valence-electron chi connectivity index (χ3n) is 6.99. The van der Waals surface area contributed by atoms with Crippen LogP contribution < -0.4 is 15.8 Å². The van der Waals surface area contributed by atoms with E-state index in [0.29, 0.717) is 0 Å². The van der Waals surface area contributed by atoms with Gasteiger partial charge in [-0.05, 0) is 56.8 Å². The molecule has 0 saturated heterocycles. The Balaban J connectivity index is 1.51. The molecule has 1 unspecified atom stereocenters. The summed E-state index contributed by atoms with van der Waals surface area (Å²) >= 11 is 1.95. The van der Waals surface area contributed by atoms with Crippen molar-refractivity contribution < 1.29 is 0 Å². The Morgan fingerprint density at radius 1 is 0.529 bits per heavy atom. The quantitative estimate of drug-likeness (QED) is 0.271. The monoisotopic (exact) mass is 451 g/mol. The van der Waals surface area contributed by atoms with E-state index in [1.54, 1.807) is 0 Å². The van der Waals surface area contributed by atoms with Crippen molar-refractivity contribution in [2.75, 3.05) is 4.90 Å². The molecule has 5 aromatic rings. The van der Waals surface area contributed by atoms with E-state index in [1.807, 2.05) is 11.6 Å². The maximum Gasteiger partial charge on any atom is 0.284 e. The van der Waals surface area contributed by atoms with Crippen molar-refractivity contribution in [1.29, 1.82) is 0 Å². The zero-order chi connectivity index (χ0) is 22.5. The number of nitrogens with zero attached hydrogens (tertiary/aromatic N) is 1. The molecule has 3 heteroatoms. The maximum atomic E-state index is 2.51. The summed E-state index contributed by atoms with van der Waals surface area (Å²) < 4.78 is 0. The first-order valence-corrected chi connectivity index (χ1v) is 12.7. The molecule has 1 nitrogen and oxygen atoms in total. The van der Waals surface area contributed by atoms with Crippen molar-refractivity contribution in [3.8, 4) is 0 Å². The van der Waals surface area contributed by atoms with Gasteiger partial charge in [-0.1, -0.05) is 103 Å². The Bertz CT molecular complexity index is 1500. The highest BCUT2D eigenvalue weighted by atomic mass is 32.2. The molecule has 0 N–H and O–H groups in total. The minimum Gasteiger partial charge on any atom is -0.311 e. The summed E-state index contributed by atoms with van der Waals surface area (Å²) in [6, 6.07) is 46.5. The number of hydrogen-bond acceptors (Lipinski definition) is 2. The first-order valence-electron chi connectivity index (χ1n) is 11.8. The van der Waals surface area contributed by atoms with Crippen LogP contribution in [0.3, 0.4) is 0 Å². The van der Waals surface area contributed by atoms with Crippen LogP contribution in [0.15, 0.2) is 132 Å². The Labute approximate surface area is 205 Å². The van der Waals surface area contributed by atoms with Crippen molar-refractivity contribution in [2.45, 2.75) is 10.8 Å². The van der Waals surface area contributed by atoms with Gasteiger partial charge in [-0.15, -0.1) is 0 Å². The minimum absolute atomic E-state index is 0.219. The molecule has 2 heterocycles. The van der Waals surface area contributed by atoms with Crippen LogP contribution in [0, 0.1) is 0 Å². The molecule has 0 amide bonds. The molecule has 0 aromatic heterocycles. The fourth-order valence-corrected chi connectivity index (χ4v) is 6.83. The van der Waals surface area contributed by atoms with E-state index in [1.165, 1.54) is 49.6 Å². The van der Waals surface area contributed by atoms with Gasteiger partial charge in [-0.25, -0.2) is 0 Å². The third-order valence-corrected chi connectivity index (χ3v) is 8.28. The molecule has 0 aliphatic carbocycles. The molecular weight excluding hydrogens is 429 g/mol. The minimum atomic E-state index is 0.219. The normalized spacial score (nSPS) is 15.4. The average Bonchev–Trinajstić information content (AvgIpc) is 2.91. The summed E-state index contributed by atoms with van der Waals surface area (Å²) in [5, 5.41) is 0. The summed E-state index contributed by atoms with van der Waals surface area (Å²) in [6.45, 7) is 0. The van der Waals surface area contributed by atoms with Gasteiger partial charge in [0.25, 0.3) is 5.99 Å². The first kappa shape index (κ1) is 19.8. The van der Waals surface area contributed by atoms with Crippen LogP contribution in [0.2, 0.25) is 0 Å². The molecule has 0 bridgehead atoms. The van der Waals surface area contributed by atoms with Crippen LogP contribution in [0.1, 0.15) is 22.6 Å². The van der Waals surface area contributed by atoms with Gasteiger partial charge in [-0.3, -0.25) is 0 Å². The van der Waals surface area contributed by atoms with E-state index in [9.17, 15) is 0 Å². The number of fused-ring (bicyclic) bond motifs is 4. The zero-order valence-electron chi connectivity index (χ0n) is 18.6. The molecule has 160 valence electrons. The second kappa shape index (κ2) is 7.97. The predicted molar refractivity (Wildman–Crippen MR) is 146 cm³/mol. The van der Waals surface area contributed by atoms with Crippen LogP contribution in [-0.4, -0.2) is 5.99 Å². The van der Waals surface area contributed by atoms with Gasteiger partial charge in [-0.2, -0.15) is 11.6 Å². The topological polar surface area (TPSA) is 3.24 Å². The standard InChI is InChI=1S/C31H22BNS/c1-3-12-22(13-4-1)30-24-16-7-9-20-28(24)33-29-21-10-8-18-26(29)32(34-23-14-5-2-6-15-23)27-19-11-17-25(30)31(27)33/h1-21,30H. The summed E-state index contributed by atoms with van der Waals surface area (Å²) in [6.07, 6.45) is 0. The molecule has 2 aliphatic rings. The van der Waals surface area contributed by atoms with Gasteiger partial charge in [0.1, 0.15) is 0 Å². The van der Waals surface area contributed by atoms with Crippen LogP contribution in [0.25, 0.3) is 0 Å². The Morgan fingerprint density at radius 2 is 1.15 bits per heavy atom. The molecule has 2 aliphatic heterocycles. The number of anilines is 3. The molecule has 0 saturated carbocycles. The lowest BCUT2D eigenvalue weighted by Gasteiger charge is -2.44. The van der Waals surface area contributed by atoms with E-state index >= 15 is 0 Å². The molecule has 0 spiro atoms. The van der Waals surface area contributed by atoms with Crippen molar-refractivity contribution in [1.82, 2.24) is 0 Å². The molecule has 1 atom stereocenters. The van der Waals surface area contributed by atoms with Crippen LogP contribution in [0.4, 0.5) is 17.1 Å². The average molecular weight is 451 g/mol. The van der Waals surface area contributed by atoms with Crippen molar-refractivity contribution in [3.63, 3.8) is 0 Å². The van der Waals surface area contributed by atoms with Gasteiger partial charge in [0, 0.05) is 17.3 Å². The highest BCUT2D eigenvalue weighted by Crippen LogP contribution is 2.52. The van der Waals surface area contributed by atoms with Crippen molar-refractivity contribution in [3.05, 3.63) is 144 Å². The van der Waals surface area contributed by atoms with Gasteiger partial charge >= 0.3 is 0 Å². The van der Waals surface area contributed by atoms with E-state index in [-0.39, 0.29) is 11.9 Å². The largest absolute Gasteiger partial charge is 0.311 e. The van der Waals surface area contributed by atoms with Crippen molar-refractivity contribution >= 4 is 45.6 Å². The van der Waals surface area contributed by atoms with Gasteiger partial charge < -0.3 is 4.90 Å². The van der Waals surface area contributed by atoms with Gasteiger partial charge in [0.2, 0.25) is 0 Å².